The van der Waals surface area contributed by atoms with Crippen molar-refractivity contribution in [2.45, 2.75) is 25.3 Å². The summed E-state index contributed by atoms with van der Waals surface area (Å²) in [6.45, 7) is 1.25. The van der Waals surface area contributed by atoms with Crippen LogP contribution in [0.15, 0.2) is 30.7 Å². The molecule has 4 rings (SSSR count). The van der Waals surface area contributed by atoms with Crippen LogP contribution in [0.3, 0.4) is 0 Å². The Kier molecular flexibility index (Phi) is 6.52. The fourth-order valence-corrected chi connectivity index (χ4v) is 3.98. The number of carbonyl (C=O) groups excluding carboxylic acids is 1. The summed E-state index contributed by atoms with van der Waals surface area (Å²) in [5, 5.41) is 17.8. The van der Waals surface area contributed by atoms with Gasteiger partial charge >= 0.3 is 6.09 Å². The number of rotatable bonds is 8. The predicted octanol–water partition coefficient (Wildman–Crippen LogP) is 2.00. The molecular weight excluding hydrogens is 433 g/mol. The lowest BCUT2D eigenvalue weighted by molar-refractivity contribution is 0.0955. The molecule has 12 heteroatoms. The maximum atomic E-state index is 13.9. The summed E-state index contributed by atoms with van der Waals surface area (Å²) in [4.78, 5) is 33.9. The number of halogens is 1. The average Bonchev–Trinajstić information content (AvgIpc) is 3.45. The van der Waals surface area contributed by atoms with Crippen LogP contribution in [0.4, 0.5) is 15.0 Å². The van der Waals surface area contributed by atoms with Gasteiger partial charge in [-0.1, -0.05) is 0 Å². The molecule has 0 spiro atoms. The first kappa shape index (κ1) is 22.2. The molecule has 3 N–H and O–H groups in total. The van der Waals surface area contributed by atoms with Crippen LogP contribution >= 0.6 is 0 Å². The fraction of sp³-hybridized carbons (Fsp3) is 0.381. The van der Waals surface area contributed by atoms with Crippen molar-refractivity contribution in [3.8, 4) is 5.88 Å². The second kappa shape index (κ2) is 9.67. The molecule has 1 saturated heterocycles. The lowest BCUT2D eigenvalue weighted by atomic mass is 10.1. The van der Waals surface area contributed by atoms with E-state index in [1.165, 1.54) is 23.9 Å². The Labute approximate surface area is 188 Å². The van der Waals surface area contributed by atoms with Crippen molar-refractivity contribution in [2.75, 3.05) is 31.6 Å². The Balaban J connectivity index is 1.55. The smallest absolute Gasteiger partial charge is 0.404 e. The van der Waals surface area contributed by atoms with Gasteiger partial charge in [0.25, 0.3) is 5.91 Å². The number of ether oxygens (including phenoxy) is 1. The minimum absolute atomic E-state index is 0.167. The van der Waals surface area contributed by atoms with Gasteiger partial charge in [-0.3, -0.25) is 4.79 Å². The SMILES string of the molecule is COc1ncc(F)cc1[C@H]1CCCN1c1ccn2ncc(C(=O)NCCCNC(=O)O)c2n1. The number of methoxy groups -OCH3 is 1. The maximum absolute atomic E-state index is 13.9. The third-order valence-electron chi connectivity index (χ3n) is 5.46. The minimum atomic E-state index is -1.10. The van der Waals surface area contributed by atoms with Crippen molar-refractivity contribution < 1.29 is 23.8 Å². The summed E-state index contributed by atoms with van der Waals surface area (Å²) < 4.78 is 20.8. The zero-order chi connectivity index (χ0) is 23.4. The van der Waals surface area contributed by atoms with E-state index >= 15 is 0 Å². The van der Waals surface area contributed by atoms with Crippen LogP contribution in [0.2, 0.25) is 0 Å². The molecule has 0 saturated carbocycles. The first-order valence-electron chi connectivity index (χ1n) is 10.5. The molecule has 0 radical (unpaired) electrons. The molecule has 3 aromatic rings. The first-order valence-corrected chi connectivity index (χ1v) is 10.5. The molecule has 1 aliphatic rings. The van der Waals surface area contributed by atoms with Crippen LogP contribution in [-0.2, 0) is 0 Å². The number of nitrogens with zero attached hydrogens (tertiary/aromatic N) is 5. The zero-order valence-electron chi connectivity index (χ0n) is 18.0. The van der Waals surface area contributed by atoms with E-state index in [4.69, 9.17) is 9.84 Å². The van der Waals surface area contributed by atoms with E-state index < -0.39 is 11.9 Å². The molecule has 0 bridgehead atoms. The van der Waals surface area contributed by atoms with Gasteiger partial charge in [0.1, 0.15) is 17.2 Å². The summed E-state index contributed by atoms with van der Waals surface area (Å²) in [6, 6.07) is 3.07. The van der Waals surface area contributed by atoms with Crippen molar-refractivity contribution in [3.05, 3.63) is 47.7 Å². The highest BCUT2D eigenvalue weighted by Crippen LogP contribution is 2.38. The highest BCUT2D eigenvalue weighted by atomic mass is 19.1. The van der Waals surface area contributed by atoms with Crippen LogP contribution in [0.5, 0.6) is 5.88 Å². The number of hydrogen-bond donors (Lipinski definition) is 3. The van der Waals surface area contributed by atoms with Crippen LogP contribution in [0, 0.1) is 5.82 Å². The molecule has 4 heterocycles. The van der Waals surface area contributed by atoms with Gasteiger partial charge in [0.15, 0.2) is 5.65 Å². The first-order chi connectivity index (χ1) is 16.0. The quantitative estimate of drug-likeness (QED) is 0.438. The number of anilines is 1. The molecule has 0 aromatic carbocycles. The van der Waals surface area contributed by atoms with Gasteiger partial charge in [-0.15, -0.1) is 0 Å². The number of carbonyl (C=O) groups is 2. The van der Waals surface area contributed by atoms with E-state index in [1.54, 1.807) is 12.3 Å². The summed E-state index contributed by atoms with van der Waals surface area (Å²) in [5.41, 5.74) is 1.35. The van der Waals surface area contributed by atoms with Crippen molar-refractivity contribution in [1.29, 1.82) is 0 Å². The topological polar surface area (TPSA) is 134 Å². The monoisotopic (exact) mass is 457 g/mol. The molecular formula is C21H24FN7O4. The Morgan fingerprint density at radius 3 is 2.91 bits per heavy atom. The Hall–Kier alpha value is -3.96. The van der Waals surface area contributed by atoms with Crippen molar-refractivity contribution >= 4 is 23.5 Å². The molecule has 1 aliphatic heterocycles. The molecule has 1 atom stereocenters. The van der Waals surface area contributed by atoms with Crippen LogP contribution in [0.1, 0.15) is 41.2 Å². The number of hydrogen-bond acceptors (Lipinski definition) is 7. The van der Waals surface area contributed by atoms with E-state index in [1.807, 2.05) is 4.90 Å². The van der Waals surface area contributed by atoms with Crippen molar-refractivity contribution in [2.24, 2.45) is 0 Å². The van der Waals surface area contributed by atoms with Gasteiger partial charge in [-0.2, -0.15) is 5.10 Å². The summed E-state index contributed by atoms with van der Waals surface area (Å²) in [6.07, 6.45) is 5.31. The summed E-state index contributed by atoms with van der Waals surface area (Å²) in [7, 11) is 1.50. The lowest BCUT2D eigenvalue weighted by Crippen LogP contribution is -2.29. The maximum Gasteiger partial charge on any atom is 0.404 e. The third-order valence-corrected chi connectivity index (χ3v) is 5.46. The summed E-state index contributed by atoms with van der Waals surface area (Å²) >= 11 is 0. The Morgan fingerprint density at radius 1 is 1.30 bits per heavy atom. The molecule has 11 nitrogen and oxygen atoms in total. The second-order valence-corrected chi connectivity index (χ2v) is 7.56. The average molecular weight is 457 g/mol. The van der Waals surface area contributed by atoms with Gasteiger partial charge in [0, 0.05) is 31.4 Å². The normalized spacial score (nSPS) is 15.6. The van der Waals surface area contributed by atoms with Gasteiger partial charge in [-0.25, -0.2) is 23.7 Å². The van der Waals surface area contributed by atoms with E-state index in [-0.39, 0.29) is 18.5 Å². The zero-order valence-corrected chi connectivity index (χ0v) is 18.0. The van der Waals surface area contributed by atoms with E-state index in [0.29, 0.717) is 48.0 Å². The van der Waals surface area contributed by atoms with Gasteiger partial charge < -0.3 is 25.4 Å². The molecule has 3 aromatic heterocycles. The Morgan fingerprint density at radius 2 is 2.12 bits per heavy atom. The Bertz CT molecular complexity index is 1170. The number of nitrogens with one attached hydrogen (secondary N) is 2. The predicted molar refractivity (Wildman–Crippen MR) is 116 cm³/mol. The molecule has 33 heavy (non-hydrogen) atoms. The number of carboxylic acid groups (broad SMARTS) is 1. The highest BCUT2D eigenvalue weighted by Gasteiger charge is 2.31. The van der Waals surface area contributed by atoms with E-state index in [9.17, 15) is 14.0 Å². The van der Waals surface area contributed by atoms with E-state index in [0.717, 1.165) is 19.0 Å². The standard InChI is InChI=1S/C21H24FN7O4/c1-33-20-14(10-13(22)11-25-20)16-4-2-8-28(16)17-5-9-29-18(27-17)15(12-26-29)19(30)23-6-3-7-24-21(31)32/h5,9-12,16,24H,2-4,6-8H2,1H3,(H,23,30)(H,31,32)/t16-/m1/s1. The molecule has 1 fully saturated rings. The highest BCUT2D eigenvalue weighted by molar-refractivity contribution is 5.99. The molecule has 0 unspecified atom stereocenters. The van der Waals surface area contributed by atoms with Crippen LogP contribution in [0.25, 0.3) is 5.65 Å². The summed E-state index contributed by atoms with van der Waals surface area (Å²) in [5.74, 6) is 0.223. The fourth-order valence-electron chi connectivity index (χ4n) is 3.98. The lowest BCUT2D eigenvalue weighted by Gasteiger charge is -2.26. The van der Waals surface area contributed by atoms with Gasteiger partial charge in [-0.05, 0) is 31.4 Å². The number of pyridine rings is 1. The van der Waals surface area contributed by atoms with Gasteiger partial charge in [0.05, 0.1) is 25.5 Å². The van der Waals surface area contributed by atoms with Gasteiger partial charge in [0.2, 0.25) is 5.88 Å². The van der Waals surface area contributed by atoms with Crippen molar-refractivity contribution in [1.82, 2.24) is 30.2 Å². The number of amides is 2. The van der Waals surface area contributed by atoms with Crippen molar-refractivity contribution in [3.63, 3.8) is 0 Å². The number of aromatic nitrogens is 4. The molecule has 174 valence electrons. The third kappa shape index (κ3) is 4.78. The minimum Gasteiger partial charge on any atom is -0.481 e. The molecule has 2 amide bonds. The number of fused-ring (bicyclic) bond motifs is 1. The van der Waals surface area contributed by atoms with Crippen LogP contribution in [-0.4, -0.2) is 63.4 Å². The van der Waals surface area contributed by atoms with E-state index in [2.05, 4.69) is 25.7 Å². The van der Waals surface area contributed by atoms with Crippen LogP contribution < -0.4 is 20.3 Å². The molecule has 0 aliphatic carbocycles. The largest absolute Gasteiger partial charge is 0.481 e. The second-order valence-electron chi connectivity index (χ2n) is 7.56.